The first-order valence-corrected chi connectivity index (χ1v) is 9.71. The van der Waals surface area contributed by atoms with Crippen molar-refractivity contribution in [2.45, 2.75) is 0 Å². The summed E-state index contributed by atoms with van der Waals surface area (Å²) in [7, 11) is 0. The van der Waals surface area contributed by atoms with Gasteiger partial charge in [0.05, 0.1) is 23.3 Å². The molecule has 0 fully saturated rings. The number of nitrogens with one attached hydrogen (secondary N) is 1. The Morgan fingerprint density at radius 2 is 1.77 bits per heavy atom. The summed E-state index contributed by atoms with van der Waals surface area (Å²) in [5, 5.41) is 6.76. The molecule has 4 rings (SSSR count). The van der Waals surface area contributed by atoms with Crippen LogP contribution in [-0.2, 0) is 0 Å². The number of aromatic nitrogens is 2. The first-order valence-electron chi connectivity index (χ1n) is 8.04. The van der Waals surface area contributed by atoms with Crippen molar-refractivity contribution in [1.29, 1.82) is 0 Å². The molecular weight excluding hydrogens is 408 g/mol. The molecule has 128 valence electrons. The van der Waals surface area contributed by atoms with Crippen molar-refractivity contribution in [1.82, 2.24) is 9.66 Å². The minimum absolute atomic E-state index is 0.810. The summed E-state index contributed by atoms with van der Waals surface area (Å²) in [6, 6.07) is 21.9. The minimum Gasteiger partial charge on any atom is -0.360 e. The van der Waals surface area contributed by atoms with Crippen LogP contribution in [0.1, 0.15) is 5.69 Å². The summed E-state index contributed by atoms with van der Waals surface area (Å²) < 4.78 is 2.89. The lowest BCUT2D eigenvalue weighted by atomic mass is 10.2. The van der Waals surface area contributed by atoms with Crippen LogP contribution in [0.4, 0.5) is 5.69 Å². The van der Waals surface area contributed by atoms with Gasteiger partial charge in [-0.3, -0.25) is 0 Å². The lowest BCUT2D eigenvalue weighted by Gasteiger charge is -2.05. The first-order chi connectivity index (χ1) is 12.8. The van der Waals surface area contributed by atoms with Gasteiger partial charge in [-0.25, -0.2) is 9.67 Å². The third kappa shape index (κ3) is 3.61. The Bertz CT molecular complexity index is 1090. The van der Waals surface area contributed by atoms with Crippen LogP contribution in [0.5, 0.6) is 0 Å². The van der Waals surface area contributed by atoms with Crippen LogP contribution in [-0.4, -0.2) is 15.9 Å². The molecule has 0 spiro atoms. The van der Waals surface area contributed by atoms with Gasteiger partial charge in [0.1, 0.15) is 0 Å². The van der Waals surface area contributed by atoms with Crippen LogP contribution in [0.15, 0.2) is 92.9 Å². The molecule has 1 N–H and O–H groups in total. The molecule has 0 amide bonds. The highest BCUT2D eigenvalue weighted by Crippen LogP contribution is 2.28. The van der Waals surface area contributed by atoms with Crippen molar-refractivity contribution >= 4 is 39.2 Å². The maximum atomic E-state index is 4.76. The normalized spacial score (nSPS) is 12.1. The van der Waals surface area contributed by atoms with Gasteiger partial charge in [-0.15, -0.1) is 11.3 Å². The van der Waals surface area contributed by atoms with Gasteiger partial charge >= 0.3 is 0 Å². The average molecular weight is 423 g/mol. The Morgan fingerprint density at radius 1 is 0.962 bits per heavy atom. The number of halogens is 1. The van der Waals surface area contributed by atoms with Gasteiger partial charge < -0.3 is 4.98 Å². The Balaban J connectivity index is 1.88. The standard InChI is InChI=1S/C20H15BrN4S/c21-18-11-5-4-10-17(18)19-14-26-20(24-15-7-2-1-3-8-15)25(19)23-13-16-9-6-12-22-16/h1-14,22H. The van der Waals surface area contributed by atoms with E-state index in [4.69, 9.17) is 4.99 Å². The molecule has 2 aromatic carbocycles. The second-order valence-electron chi connectivity index (χ2n) is 5.51. The monoisotopic (exact) mass is 422 g/mol. The third-order valence-corrected chi connectivity index (χ3v) is 5.26. The van der Waals surface area contributed by atoms with E-state index in [1.165, 1.54) is 0 Å². The van der Waals surface area contributed by atoms with Crippen LogP contribution in [0.2, 0.25) is 0 Å². The van der Waals surface area contributed by atoms with Gasteiger partial charge in [-0.2, -0.15) is 5.10 Å². The predicted octanol–water partition coefficient (Wildman–Crippen LogP) is 5.42. The number of nitrogens with zero attached hydrogens (tertiary/aromatic N) is 3. The number of benzene rings is 2. The van der Waals surface area contributed by atoms with E-state index in [1.54, 1.807) is 17.6 Å². The van der Waals surface area contributed by atoms with Gasteiger partial charge in [-0.1, -0.05) is 52.3 Å². The Morgan fingerprint density at radius 3 is 2.54 bits per heavy atom. The summed E-state index contributed by atoms with van der Waals surface area (Å²) in [4.78, 5) is 8.71. The van der Waals surface area contributed by atoms with E-state index in [0.717, 1.165) is 31.9 Å². The van der Waals surface area contributed by atoms with Crippen LogP contribution in [0.3, 0.4) is 0 Å². The van der Waals surface area contributed by atoms with E-state index in [1.807, 2.05) is 71.5 Å². The molecule has 4 nitrogen and oxygen atoms in total. The molecule has 0 bridgehead atoms. The van der Waals surface area contributed by atoms with Crippen molar-refractivity contribution in [2.75, 3.05) is 0 Å². The van der Waals surface area contributed by atoms with Crippen LogP contribution in [0, 0.1) is 0 Å². The highest BCUT2D eigenvalue weighted by atomic mass is 79.9. The van der Waals surface area contributed by atoms with Crippen molar-refractivity contribution < 1.29 is 0 Å². The van der Waals surface area contributed by atoms with Gasteiger partial charge in [0.2, 0.25) is 4.80 Å². The number of rotatable bonds is 4. The Hall–Kier alpha value is -2.70. The fraction of sp³-hybridized carbons (Fsp3) is 0. The zero-order valence-corrected chi connectivity index (χ0v) is 16.1. The minimum atomic E-state index is 0.810. The molecule has 0 radical (unpaired) electrons. The molecule has 26 heavy (non-hydrogen) atoms. The lowest BCUT2D eigenvalue weighted by molar-refractivity contribution is 0.853. The molecule has 2 aromatic heterocycles. The molecule has 0 aliphatic heterocycles. The number of aromatic amines is 1. The third-order valence-electron chi connectivity index (χ3n) is 3.75. The van der Waals surface area contributed by atoms with E-state index in [0.29, 0.717) is 0 Å². The van der Waals surface area contributed by atoms with Crippen molar-refractivity contribution in [3.05, 3.63) is 93.3 Å². The summed E-state index contributed by atoms with van der Waals surface area (Å²) in [5.74, 6) is 0. The second-order valence-corrected chi connectivity index (χ2v) is 7.20. The molecule has 0 atom stereocenters. The van der Waals surface area contributed by atoms with Gasteiger partial charge in [0.25, 0.3) is 0 Å². The Kier molecular flexibility index (Phi) is 4.95. The topological polar surface area (TPSA) is 45.4 Å². The fourth-order valence-corrected chi connectivity index (χ4v) is 3.84. The number of hydrogen-bond acceptors (Lipinski definition) is 3. The molecule has 6 heteroatoms. The lowest BCUT2D eigenvalue weighted by Crippen LogP contribution is -2.11. The number of thiazole rings is 1. The van der Waals surface area contributed by atoms with Crippen LogP contribution in [0.25, 0.3) is 11.3 Å². The second kappa shape index (κ2) is 7.68. The van der Waals surface area contributed by atoms with E-state index in [2.05, 4.69) is 37.5 Å². The summed E-state index contributed by atoms with van der Waals surface area (Å²) >= 11 is 5.20. The maximum Gasteiger partial charge on any atom is 0.211 e. The van der Waals surface area contributed by atoms with E-state index < -0.39 is 0 Å². The van der Waals surface area contributed by atoms with Gasteiger partial charge in [0.15, 0.2) is 0 Å². The first kappa shape index (κ1) is 16.8. The van der Waals surface area contributed by atoms with Crippen molar-refractivity contribution in [2.24, 2.45) is 10.1 Å². The van der Waals surface area contributed by atoms with Crippen LogP contribution >= 0.6 is 27.3 Å². The zero-order valence-electron chi connectivity index (χ0n) is 13.7. The smallest absolute Gasteiger partial charge is 0.211 e. The van der Waals surface area contributed by atoms with Crippen LogP contribution < -0.4 is 4.80 Å². The average Bonchev–Trinajstić information content (AvgIpc) is 3.31. The summed E-state index contributed by atoms with van der Waals surface area (Å²) in [6.07, 6.45) is 3.68. The molecule has 0 saturated carbocycles. The van der Waals surface area contributed by atoms with Crippen molar-refractivity contribution in [3.63, 3.8) is 0 Å². The molecule has 0 aliphatic carbocycles. The fourth-order valence-electron chi connectivity index (χ4n) is 2.50. The predicted molar refractivity (Wildman–Crippen MR) is 111 cm³/mol. The summed E-state index contributed by atoms with van der Waals surface area (Å²) in [6.45, 7) is 0. The highest BCUT2D eigenvalue weighted by molar-refractivity contribution is 9.10. The molecule has 0 aliphatic rings. The maximum absolute atomic E-state index is 4.76. The van der Waals surface area contributed by atoms with E-state index in [9.17, 15) is 0 Å². The summed E-state index contributed by atoms with van der Waals surface area (Å²) in [5.41, 5.74) is 3.89. The van der Waals surface area contributed by atoms with E-state index in [-0.39, 0.29) is 0 Å². The Labute approximate surface area is 163 Å². The van der Waals surface area contributed by atoms with Gasteiger partial charge in [0, 0.05) is 21.6 Å². The number of para-hydroxylation sites is 1. The molecule has 0 saturated heterocycles. The number of H-pyrrole nitrogens is 1. The van der Waals surface area contributed by atoms with Gasteiger partial charge in [-0.05, 0) is 30.3 Å². The zero-order chi connectivity index (χ0) is 17.8. The quantitative estimate of drug-likeness (QED) is 0.426. The molecule has 4 aromatic rings. The highest BCUT2D eigenvalue weighted by Gasteiger charge is 2.10. The number of hydrogen-bond donors (Lipinski definition) is 1. The van der Waals surface area contributed by atoms with Crippen molar-refractivity contribution in [3.8, 4) is 11.3 Å². The van der Waals surface area contributed by atoms with E-state index >= 15 is 0 Å². The molecule has 0 unspecified atom stereocenters. The molecular formula is C20H15BrN4S. The molecule has 2 heterocycles. The largest absolute Gasteiger partial charge is 0.360 e. The SMILES string of the molecule is Brc1ccccc1-c1csc(=Nc2ccccc2)n1N=Cc1ccc[nH]1.